The zero-order valence-corrected chi connectivity index (χ0v) is 14.8. The van der Waals surface area contributed by atoms with Crippen molar-refractivity contribution < 1.29 is 9.53 Å². The first-order valence-corrected chi connectivity index (χ1v) is 8.72. The Labute approximate surface area is 148 Å². The minimum absolute atomic E-state index is 0.114. The maximum Gasteiger partial charge on any atom is 0.231 e. The van der Waals surface area contributed by atoms with Gasteiger partial charge in [0, 0.05) is 29.3 Å². The van der Waals surface area contributed by atoms with Gasteiger partial charge in [0.15, 0.2) is 0 Å². The van der Waals surface area contributed by atoms with E-state index in [-0.39, 0.29) is 5.91 Å². The Hall–Kier alpha value is -2.75. The van der Waals surface area contributed by atoms with Crippen molar-refractivity contribution in [3.05, 3.63) is 60.3 Å². The first-order valence-electron chi connectivity index (χ1n) is 8.72. The van der Waals surface area contributed by atoms with Crippen molar-refractivity contribution in [2.45, 2.75) is 26.2 Å². The van der Waals surface area contributed by atoms with Crippen LogP contribution in [0.1, 0.15) is 25.3 Å². The molecule has 0 spiro atoms. The highest BCUT2D eigenvalue weighted by atomic mass is 16.5. The highest BCUT2D eigenvalue weighted by Gasteiger charge is 2.17. The van der Waals surface area contributed by atoms with Crippen LogP contribution in [0, 0.1) is 0 Å². The number of amides is 1. The van der Waals surface area contributed by atoms with Crippen molar-refractivity contribution in [2.75, 3.05) is 18.6 Å². The molecule has 0 radical (unpaired) electrons. The Morgan fingerprint density at radius 3 is 2.68 bits per heavy atom. The van der Waals surface area contributed by atoms with E-state index in [1.54, 1.807) is 7.11 Å². The zero-order chi connectivity index (χ0) is 17.6. The summed E-state index contributed by atoms with van der Waals surface area (Å²) in [5.41, 5.74) is 2.97. The molecule has 0 saturated heterocycles. The lowest BCUT2D eigenvalue weighted by molar-refractivity contribution is -0.118. The summed E-state index contributed by atoms with van der Waals surface area (Å²) < 4.78 is 5.31. The van der Waals surface area contributed by atoms with Crippen LogP contribution < -0.4 is 9.64 Å². The predicted molar refractivity (Wildman–Crippen MR) is 102 cm³/mol. The summed E-state index contributed by atoms with van der Waals surface area (Å²) in [5, 5.41) is 1.04. The Morgan fingerprint density at radius 2 is 1.96 bits per heavy atom. The lowest BCUT2D eigenvalue weighted by atomic mass is 10.1. The van der Waals surface area contributed by atoms with Crippen molar-refractivity contribution in [3.63, 3.8) is 0 Å². The standard InChI is InChI=1S/C21H24N2O2/c1-3-4-12-23(17-8-6-5-7-9-17)21(24)13-16-15-22-20-11-10-18(25-2)14-19(16)20/h5-11,14-15,22H,3-4,12-13H2,1-2H3. The number of carbonyl (C=O) groups is 1. The summed E-state index contributed by atoms with van der Waals surface area (Å²) >= 11 is 0. The van der Waals surface area contributed by atoms with E-state index in [1.165, 1.54) is 0 Å². The number of H-pyrrole nitrogens is 1. The largest absolute Gasteiger partial charge is 0.497 e. The van der Waals surface area contributed by atoms with Crippen molar-refractivity contribution in [1.29, 1.82) is 0 Å². The molecule has 0 aliphatic heterocycles. The van der Waals surface area contributed by atoms with Crippen LogP contribution >= 0.6 is 0 Å². The molecule has 25 heavy (non-hydrogen) atoms. The van der Waals surface area contributed by atoms with Gasteiger partial charge in [-0.2, -0.15) is 0 Å². The second-order valence-electron chi connectivity index (χ2n) is 6.14. The molecule has 0 atom stereocenters. The second-order valence-corrected chi connectivity index (χ2v) is 6.14. The summed E-state index contributed by atoms with van der Waals surface area (Å²) in [6.07, 6.45) is 4.33. The number of aromatic amines is 1. The molecule has 4 heteroatoms. The topological polar surface area (TPSA) is 45.3 Å². The normalized spacial score (nSPS) is 10.8. The summed E-state index contributed by atoms with van der Waals surface area (Å²) in [6.45, 7) is 2.88. The lowest BCUT2D eigenvalue weighted by Gasteiger charge is -2.22. The van der Waals surface area contributed by atoms with E-state index in [0.717, 1.165) is 47.3 Å². The number of methoxy groups -OCH3 is 1. The number of aromatic nitrogens is 1. The number of fused-ring (bicyclic) bond motifs is 1. The molecular weight excluding hydrogens is 312 g/mol. The molecule has 0 unspecified atom stereocenters. The Balaban J connectivity index is 1.86. The van der Waals surface area contributed by atoms with Gasteiger partial charge in [-0.15, -0.1) is 0 Å². The first-order chi connectivity index (χ1) is 12.2. The molecular formula is C21H24N2O2. The Morgan fingerprint density at radius 1 is 1.16 bits per heavy atom. The maximum absolute atomic E-state index is 13.0. The van der Waals surface area contributed by atoms with Crippen molar-refractivity contribution >= 4 is 22.5 Å². The van der Waals surface area contributed by atoms with Gasteiger partial charge in [-0.05, 0) is 42.3 Å². The number of benzene rings is 2. The number of anilines is 1. The van der Waals surface area contributed by atoms with Crippen molar-refractivity contribution in [3.8, 4) is 5.75 Å². The van der Waals surface area contributed by atoms with Gasteiger partial charge in [-0.25, -0.2) is 0 Å². The van der Waals surface area contributed by atoms with Crippen LogP contribution in [0.5, 0.6) is 5.75 Å². The van der Waals surface area contributed by atoms with Crippen LogP contribution in [0.3, 0.4) is 0 Å². The van der Waals surface area contributed by atoms with Crippen LogP contribution in [0.4, 0.5) is 5.69 Å². The Kier molecular flexibility index (Phi) is 5.39. The molecule has 1 N–H and O–H groups in total. The van der Waals surface area contributed by atoms with Gasteiger partial charge in [-0.3, -0.25) is 4.79 Å². The fourth-order valence-electron chi connectivity index (χ4n) is 3.01. The summed E-state index contributed by atoms with van der Waals surface area (Å²) in [7, 11) is 1.65. The van der Waals surface area contributed by atoms with Crippen LogP contribution in [0.2, 0.25) is 0 Å². The molecule has 1 aromatic heterocycles. The van der Waals surface area contributed by atoms with Gasteiger partial charge in [0.2, 0.25) is 5.91 Å². The monoisotopic (exact) mass is 336 g/mol. The van der Waals surface area contributed by atoms with Crippen LogP contribution in [-0.2, 0) is 11.2 Å². The van der Waals surface area contributed by atoms with Crippen LogP contribution in [0.25, 0.3) is 10.9 Å². The lowest BCUT2D eigenvalue weighted by Crippen LogP contribution is -2.33. The van der Waals surface area contributed by atoms with Crippen molar-refractivity contribution in [1.82, 2.24) is 4.98 Å². The van der Waals surface area contributed by atoms with Gasteiger partial charge in [0.25, 0.3) is 0 Å². The molecule has 130 valence electrons. The van der Waals surface area contributed by atoms with Gasteiger partial charge >= 0.3 is 0 Å². The van der Waals surface area contributed by atoms with E-state index >= 15 is 0 Å². The minimum Gasteiger partial charge on any atom is -0.497 e. The molecule has 0 aliphatic rings. The molecule has 0 aliphatic carbocycles. The number of para-hydroxylation sites is 1. The number of unbranched alkanes of at least 4 members (excludes halogenated alkanes) is 1. The van der Waals surface area contributed by atoms with E-state index in [2.05, 4.69) is 11.9 Å². The molecule has 0 bridgehead atoms. The molecule has 0 saturated carbocycles. The van der Waals surface area contributed by atoms with E-state index in [4.69, 9.17) is 4.74 Å². The van der Waals surface area contributed by atoms with E-state index in [0.29, 0.717) is 6.42 Å². The third-order valence-electron chi connectivity index (χ3n) is 4.42. The first kappa shape index (κ1) is 17.1. The average molecular weight is 336 g/mol. The fraction of sp³-hybridized carbons (Fsp3) is 0.286. The van der Waals surface area contributed by atoms with Crippen LogP contribution in [-0.4, -0.2) is 24.5 Å². The molecule has 1 amide bonds. The van der Waals surface area contributed by atoms with E-state index in [1.807, 2.05) is 59.6 Å². The van der Waals surface area contributed by atoms with Crippen LogP contribution in [0.15, 0.2) is 54.7 Å². The summed E-state index contributed by atoms with van der Waals surface area (Å²) in [5.74, 6) is 0.912. The molecule has 0 fully saturated rings. The maximum atomic E-state index is 13.0. The third kappa shape index (κ3) is 3.85. The summed E-state index contributed by atoms with van der Waals surface area (Å²) in [6, 6.07) is 15.8. The number of ether oxygens (including phenoxy) is 1. The number of hydrogen-bond acceptors (Lipinski definition) is 2. The molecule has 4 nitrogen and oxygen atoms in total. The molecule has 3 rings (SSSR count). The molecule has 3 aromatic rings. The number of nitrogens with zero attached hydrogens (tertiary/aromatic N) is 1. The number of carbonyl (C=O) groups excluding carboxylic acids is 1. The summed E-state index contributed by atoms with van der Waals surface area (Å²) in [4.78, 5) is 18.1. The highest BCUT2D eigenvalue weighted by molar-refractivity contribution is 5.97. The van der Waals surface area contributed by atoms with Gasteiger partial charge in [0.05, 0.1) is 13.5 Å². The van der Waals surface area contributed by atoms with E-state index in [9.17, 15) is 4.79 Å². The molecule has 2 aromatic carbocycles. The third-order valence-corrected chi connectivity index (χ3v) is 4.42. The van der Waals surface area contributed by atoms with Gasteiger partial charge in [-0.1, -0.05) is 31.5 Å². The van der Waals surface area contributed by atoms with Crippen molar-refractivity contribution in [2.24, 2.45) is 0 Å². The van der Waals surface area contributed by atoms with Gasteiger partial charge in [0.1, 0.15) is 5.75 Å². The second kappa shape index (κ2) is 7.88. The Bertz CT molecular complexity index is 839. The predicted octanol–water partition coefficient (Wildman–Crippen LogP) is 4.55. The fourth-order valence-corrected chi connectivity index (χ4v) is 3.01. The molecule has 1 heterocycles. The highest BCUT2D eigenvalue weighted by Crippen LogP contribution is 2.25. The minimum atomic E-state index is 0.114. The number of hydrogen-bond donors (Lipinski definition) is 1. The number of rotatable bonds is 7. The van der Waals surface area contributed by atoms with E-state index < -0.39 is 0 Å². The van der Waals surface area contributed by atoms with Gasteiger partial charge < -0.3 is 14.6 Å². The SMILES string of the molecule is CCCCN(C(=O)Cc1c[nH]c2ccc(OC)cc12)c1ccccc1. The average Bonchev–Trinajstić information content (AvgIpc) is 3.05. The number of nitrogens with one attached hydrogen (secondary N) is 1. The zero-order valence-electron chi connectivity index (χ0n) is 14.8. The quantitative estimate of drug-likeness (QED) is 0.688. The smallest absolute Gasteiger partial charge is 0.231 e.